The number of nitrogens with one attached hydrogen (secondary N) is 1. The number of hydrogen-bond acceptors (Lipinski definition) is 3. The number of rotatable bonds is 9. The van der Waals surface area contributed by atoms with Crippen LogP contribution in [0.2, 0.25) is 0 Å². The summed E-state index contributed by atoms with van der Waals surface area (Å²) < 4.78 is 1.78. The molecule has 26 heavy (non-hydrogen) atoms. The molecule has 0 saturated heterocycles. The van der Waals surface area contributed by atoms with Crippen LogP contribution in [0, 0.1) is 5.41 Å². The lowest BCUT2D eigenvalue weighted by Gasteiger charge is -2.26. The number of carbonyl (C=O) groups excluding carboxylic acids is 1. The van der Waals surface area contributed by atoms with E-state index in [0.29, 0.717) is 24.8 Å². The van der Waals surface area contributed by atoms with Gasteiger partial charge >= 0.3 is 5.97 Å². The van der Waals surface area contributed by atoms with Gasteiger partial charge in [-0.25, -0.2) is 4.68 Å². The maximum absolute atomic E-state index is 12.7. The van der Waals surface area contributed by atoms with Gasteiger partial charge in [-0.15, -0.1) is 0 Å². The van der Waals surface area contributed by atoms with Gasteiger partial charge < -0.3 is 10.4 Å². The summed E-state index contributed by atoms with van der Waals surface area (Å²) in [6.07, 6.45) is 4.08. The van der Waals surface area contributed by atoms with Gasteiger partial charge in [0.1, 0.15) is 0 Å². The maximum Gasteiger partial charge on any atom is 0.311 e. The Kier molecular flexibility index (Phi) is 6.55. The van der Waals surface area contributed by atoms with Crippen molar-refractivity contribution in [3.63, 3.8) is 0 Å². The summed E-state index contributed by atoms with van der Waals surface area (Å²) in [7, 11) is 0. The van der Waals surface area contributed by atoms with E-state index in [4.69, 9.17) is 0 Å². The topological polar surface area (TPSA) is 84.2 Å². The molecular weight excluding hydrogens is 330 g/mol. The minimum absolute atomic E-state index is 0.107. The molecule has 0 aliphatic carbocycles. The minimum Gasteiger partial charge on any atom is -0.481 e. The van der Waals surface area contributed by atoms with E-state index in [9.17, 15) is 14.7 Å². The fourth-order valence-corrected chi connectivity index (χ4v) is 3.06. The van der Waals surface area contributed by atoms with Crippen molar-refractivity contribution < 1.29 is 14.7 Å². The third kappa shape index (κ3) is 3.95. The number of amides is 1. The van der Waals surface area contributed by atoms with Gasteiger partial charge in [-0.3, -0.25) is 9.59 Å². The number of nitrogens with zero attached hydrogens (tertiary/aromatic N) is 2. The van der Waals surface area contributed by atoms with Gasteiger partial charge in [-0.2, -0.15) is 5.10 Å². The van der Waals surface area contributed by atoms with E-state index >= 15 is 0 Å². The second-order valence-electron chi connectivity index (χ2n) is 6.48. The van der Waals surface area contributed by atoms with Gasteiger partial charge in [-0.05, 0) is 31.4 Å². The van der Waals surface area contributed by atoms with Crippen LogP contribution in [0.15, 0.2) is 36.5 Å². The molecule has 2 aromatic rings. The molecule has 0 atom stereocenters. The molecule has 6 nitrogen and oxygen atoms in total. The average Bonchev–Trinajstić information content (AvgIpc) is 3.07. The van der Waals surface area contributed by atoms with Crippen molar-refractivity contribution in [1.29, 1.82) is 0 Å². The Morgan fingerprint density at radius 2 is 1.81 bits per heavy atom. The van der Waals surface area contributed by atoms with Crippen molar-refractivity contribution in [2.45, 2.75) is 46.5 Å². The Morgan fingerprint density at radius 3 is 2.35 bits per heavy atom. The van der Waals surface area contributed by atoms with E-state index in [1.54, 1.807) is 10.9 Å². The Bertz CT molecular complexity index is 749. The molecule has 6 heteroatoms. The first-order valence-corrected chi connectivity index (χ1v) is 9.13. The highest BCUT2D eigenvalue weighted by Gasteiger charge is 2.35. The number of aromatic nitrogens is 2. The van der Waals surface area contributed by atoms with E-state index in [0.717, 1.165) is 17.8 Å². The van der Waals surface area contributed by atoms with Gasteiger partial charge in [0, 0.05) is 6.54 Å². The molecule has 1 aromatic carbocycles. The molecule has 0 unspecified atom stereocenters. The smallest absolute Gasteiger partial charge is 0.311 e. The summed E-state index contributed by atoms with van der Waals surface area (Å²) in [4.78, 5) is 24.4. The van der Waals surface area contributed by atoms with Crippen molar-refractivity contribution in [3.8, 4) is 5.69 Å². The number of para-hydroxylation sites is 1. The van der Waals surface area contributed by atoms with E-state index in [1.165, 1.54) is 0 Å². The molecule has 2 rings (SSSR count). The highest BCUT2D eigenvalue weighted by Crippen LogP contribution is 2.26. The van der Waals surface area contributed by atoms with Gasteiger partial charge in [-0.1, -0.05) is 45.4 Å². The first-order valence-electron chi connectivity index (χ1n) is 9.13. The predicted octanol–water partition coefficient (Wildman–Crippen LogP) is 3.45. The molecule has 1 aromatic heterocycles. The van der Waals surface area contributed by atoms with Gasteiger partial charge in [0.05, 0.1) is 28.6 Å². The minimum atomic E-state index is -0.935. The molecule has 0 fully saturated rings. The zero-order valence-corrected chi connectivity index (χ0v) is 15.7. The Balaban J connectivity index is 2.26. The summed E-state index contributed by atoms with van der Waals surface area (Å²) in [6, 6.07) is 9.67. The van der Waals surface area contributed by atoms with E-state index < -0.39 is 11.4 Å². The number of hydrogen-bond donors (Lipinski definition) is 2. The number of benzene rings is 1. The van der Waals surface area contributed by atoms with Crippen LogP contribution >= 0.6 is 0 Å². The van der Waals surface area contributed by atoms with E-state index in [-0.39, 0.29) is 12.5 Å². The van der Waals surface area contributed by atoms with Crippen molar-refractivity contribution in [2.24, 2.45) is 5.41 Å². The maximum atomic E-state index is 12.7. The molecule has 0 aliphatic rings. The van der Waals surface area contributed by atoms with Crippen LogP contribution in [-0.2, 0) is 11.2 Å². The average molecular weight is 357 g/mol. The number of aliphatic carboxylic acids is 1. The quantitative estimate of drug-likeness (QED) is 0.720. The highest BCUT2D eigenvalue weighted by atomic mass is 16.4. The summed E-state index contributed by atoms with van der Waals surface area (Å²) >= 11 is 0. The van der Waals surface area contributed by atoms with Crippen LogP contribution in [0.5, 0.6) is 0 Å². The molecular formula is C20H27N3O3. The Labute approximate surface area is 154 Å². The third-order valence-corrected chi connectivity index (χ3v) is 5.00. The lowest BCUT2D eigenvalue weighted by Crippen LogP contribution is -2.42. The number of carboxylic acid groups (broad SMARTS) is 1. The van der Waals surface area contributed by atoms with Gasteiger partial charge in [0.15, 0.2) is 0 Å². The second kappa shape index (κ2) is 8.65. The monoisotopic (exact) mass is 357 g/mol. The van der Waals surface area contributed by atoms with Crippen LogP contribution in [0.4, 0.5) is 0 Å². The van der Waals surface area contributed by atoms with Crippen LogP contribution in [0.1, 0.15) is 56.1 Å². The number of carboxylic acids is 1. The first-order chi connectivity index (χ1) is 12.5. The van der Waals surface area contributed by atoms with Crippen LogP contribution in [0.25, 0.3) is 5.69 Å². The van der Waals surface area contributed by atoms with Crippen LogP contribution < -0.4 is 5.32 Å². The number of carbonyl (C=O) groups is 2. The largest absolute Gasteiger partial charge is 0.481 e. The highest BCUT2D eigenvalue weighted by molar-refractivity contribution is 5.95. The normalized spacial score (nSPS) is 11.3. The van der Waals surface area contributed by atoms with Crippen LogP contribution in [-0.4, -0.2) is 33.3 Å². The van der Waals surface area contributed by atoms with Crippen LogP contribution in [0.3, 0.4) is 0 Å². The summed E-state index contributed by atoms with van der Waals surface area (Å²) in [5, 5.41) is 16.7. The zero-order valence-electron chi connectivity index (χ0n) is 15.7. The van der Waals surface area contributed by atoms with Crippen molar-refractivity contribution in [2.75, 3.05) is 6.54 Å². The third-order valence-electron chi connectivity index (χ3n) is 5.00. The summed E-state index contributed by atoms with van der Waals surface area (Å²) in [6.45, 7) is 5.82. The summed E-state index contributed by atoms with van der Waals surface area (Å²) in [5.74, 6) is -1.15. The molecule has 0 spiro atoms. The first kappa shape index (κ1) is 19.7. The molecule has 1 heterocycles. The molecule has 0 radical (unpaired) electrons. The van der Waals surface area contributed by atoms with Crippen molar-refractivity contribution in [1.82, 2.24) is 15.1 Å². The molecule has 140 valence electrons. The summed E-state index contributed by atoms with van der Waals surface area (Å²) in [5.41, 5.74) is 1.31. The molecule has 2 N–H and O–H groups in total. The fraction of sp³-hybridized carbons (Fsp3) is 0.450. The molecule has 0 aliphatic heterocycles. The zero-order chi connectivity index (χ0) is 19.2. The fourth-order valence-electron chi connectivity index (χ4n) is 3.06. The molecule has 1 amide bonds. The Morgan fingerprint density at radius 1 is 1.15 bits per heavy atom. The standard InChI is InChI=1S/C20H27N3O3/c1-4-10-17-16(13-22-23(17)15-11-8-7-9-12-15)18(24)21-14-20(5-2,6-3)19(25)26/h7-9,11-13H,4-6,10,14H2,1-3H3,(H,21,24)(H,25,26). The van der Waals surface area contributed by atoms with Gasteiger partial charge in [0.2, 0.25) is 0 Å². The lowest BCUT2D eigenvalue weighted by atomic mass is 9.82. The van der Waals surface area contributed by atoms with Gasteiger partial charge in [0.25, 0.3) is 5.91 Å². The predicted molar refractivity (Wildman–Crippen MR) is 101 cm³/mol. The van der Waals surface area contributed by atoms with E-state index in [1.807, 2.05) is 51.1 Å². The van der Waals surface area contributed by atoms with E-state index in [2.05, 4.69) is 10.4 Å². The Hall–Kier alpha value is -2.63. The molecule has 0 saturated carbocycles. The van der Waals surface area contributed by atoms with Crippen molar-refractivity contribution in [3.05, 3.63) is 47.8 Å². The SMILES string of the molecule is CCCc1c(C(=O)NCC(CC)(CC)C(=O)O)cnn1-c1ccccc1. The van der Waals surface area contributed by atoms with Crippen molar-refractivity contribution >= 4 is 11.9 Å². The lowest BCUT2D eigenvalue weighted by molar-refractivity contribution is -0.149. The molecule has 0 bridgehead atoms. The second-order valence-corrected chi connectivity index (χ2v) is 6.48.